The van der Waals surface area contributed by atoms with Gasteiger partial charge >= 0.3 is 0 Å². The number of aryl methyl sites for hydroxylation is 1. The van der Waals surface area contributed by atoms with Gasteiger partial charge in [0, 0.05) is 0 Å². The number of hydrogen-bond acceptors (Lipinski definition) is 0. The molecule has 0 aliphatic rings. The van der Waals surface area contributed by atoms with E-state index in [9.17, 15) is 0 Å². The molecule has 0 atom stereocenters. The van der Waals surface area contributed by atoms with Gasteiger partial charge in [-0.05, 0) is 113 Å². The lowest BCUT2D eigenvalue weighted by atomic mass is 9.82. The van der Waals surface area contributed by atoms with Crippen molar-refractivity contribution in [2.75, 3.05) is 0 Å². The molecule has 230 valence electrons. The van der Waals surface area contributed by atoms with Crippen LogP contribution in [0, 0.1) is 6.92 Å². The van der Waals surface area contributed by atoms with Crippen molar-refractivity contribution >= 4 is 32.3 Å². The highest BCUT2D eigenvalue weighted by atomic mass is 14.2. The van der Waals surface area contributed by atoms with E-state index < -0.39 is 0 Å². The minimum atomic E-state index is 1.20. The molecule has 0 aromatic heterocycles. The summed E-state index contributed by atoms with van der Waals surface area (Å²) in [6.07, 6.45) is 0. The van der Waals surface area contributed by atoms with Gasteiger partial charge in [0.1, 0.15) is 0 Å². The Morgan fingerprint density at radius 3 is 1.33 bits per heavy atom. The first-order valence-electron chi connectivity index (χ1n) is 17.0. The lowest BCUT2D eigenvalue weighted by Gasteiger charge is -2.21. The van der Waals surface area contributed by atoms with E-state index in [4.69, 9.17) is 0 Å². The number of hydrogen-bond donors (Lipinski definition) is 0. The van der Waals surface area contributed by atoms with Crippen LogP contribution in [0.5, 0.6) is 0 Å². The van der Waals surface area contributed by atoms with Crippen molar-refractivity contribution in [2.24, 2.45) is 0 Å². The summed E-state index contributed by atoms with van der Waals surface area (Å²) >= 11 is 0. The van der Waals surface area contributed by atoms with E-state index in [0.717, 1.165) is 0 Å². The van der Waals surface area contributed by atoms with E-state index in [2.05, 4.69) is 195 Å². The molecule has 0 heteroatoms. The van der Waals surface area contributed by atoms with Crippen LogP contribution >= 0.6 is 0 Å². The third kappa shape index (κ3) is 5.01. The Bertz CT molecular complexity index is 2590. The topological polar surface area (TPSA) is 0 Å². The van der Waals surface area contributed by atoms with Gasteiger partial charge in [-0.3, -0.25) is 0 Å². The lowest BCUT2D eigenvalue weighted by molar-refractivity contribution is 1.52. The van der Waals surface area contributed by atoms with Crippen molar-refractivity contribution < 1.29 is 0 Å². The molecule has 0 bridgehead atoms. The SMILES string of the molecule is Cc1ccc(-c2ccc(-c3cccc(-c4ccccc4)c3)cc2-c2c3ccccc3c(-c3ccccc3)c3ccccc23)c2ccccc12. The molecule has 0 unspecified atom stereocenters. The van der Waals surface area contributed by atoms with Crippen LogP contribution in [0.2, 0.25) is 0 Å². The van der Waals surface area contributed by atoms with E-state index in [1.165, 1.54) is 93.5 Å². The molecular formula is C49H34. The summed E-state index contributed by atoms with van der Waals surface area (Å²) < 4.78 is 0. The monoisotopic (exact) mass is 622 g/mol. The van der Waals surface area contributed by atoms with Crippen LogP contribution in [0.4, 0.5) is 0 Å². The minimum Gasteiger partial charge on any atom is -0.0622 e. The zero-order valence-electron chi connectivity index (χ0n) is 27.4. The molecule has 0 aliphatic carbocycles. The lowest BCUT2D eigenvalue weighted by Crippen LogP contribution is -1.94. The Morgan fingerprint density at radius 2 is 0.694 bits per heavy atom. The van der Waals surface area contributed by atoms with E-state index in [-0.39, 0.29) is 0 Å². The zero-order valence-corrected chi connectivity index (χ0v) is 27.4. The standard InChI is InChI=1S/C49H34/c1-33-27-29-41(40-22-9-8-21-39(33)40)42-30-28-38(37-20-14-19-36(31-37)34-15-4-2-5-16-34)32-47(42)49-45-25-12-10-23-43(45)48(35-17-6-3-7-18-35)44-24-11-13-26-46(44)49/h2-32H,1H3. The fourth-order valence-corrected chi connectivity index (χ4v) is 7.69. The Labute approximate surface area is 287 Å². The molecule has 49 heavy (non-hydrogen) atoms. The first-order valence-corrected chi connectivity index (χ1v) is 17.0. The van der Waals surface area contributed by atoms with E-state index in [0.29, 0.717) is 0 Å². The van der Waals surface area contributed by atoms with Crippen LogP contribution < -0.4 is 0 Å². The van der Waals surface area contributed by atoms with Gasteiger partial charge in [-0.1, -0.05) is 176 Å². The van der Waals surface area contributed by atoms with Gasteiger partial charge in [-0.2, -0.15) is 0 Å². The molecule has 0 N–H and O–H groups in total. The first kappa shape index (κ1) is 28.9. The average Bonchev–Trinajstić information content (AvgIpc) is 3.18. The Kier molecular flexibility index (Phi) is 7.14. The highest BCUT2D eigenvalue weighted by Crippen LogP contribution is 2.48. The molecule has 0 nitrogen and oxygen atoms in total. The normalized spacial score (nSPS) is 11.4. The Morgan fingerprint density at radius 1 is 0.245 bits per heavy atom. The highest BCUT2D eigenvalue weighted by Gasteiger charge is 2.20. The van der Waals surface area contributed by atoms with Gasteiger partial charge in [0.25, 0.3) is 0 Å². The summed E-state index contributed by atoms with van der Waals surface area (Å²) in [6.45, 7) is 2.21. The van der Waals surface area contributed by atoms with Crippen molar-refractivity contribution in [2.45, 2.75) is 6.92 Å². The van der Waals surface area contributed by atoms with Crippen LogP contribution in [-0.2, 0) is 0 Å². The molecule has 0 saturated heterocycles. The molecule has 0 spiro atoms. The maximum atomic E-state index is 2.43. The second kappa shape index (κ2) is 12.1. The maximum absolute atomic E-state index is 2.43. The largest absolute Gasteiger partial charge is 0.0622 e. The predicted molar refractivity (Wildman–Crippen MR) is 211 cm³/mol. The van der Waals surface area contributed by atoms with Crippen LogP contribution in [0.15, 0.2) is 188 Å². The van der Waals surface area contributed by atoms with Gasteiger partial charge < -0.3 is 0 Å². The number of benzene rings is 9. The highest BCUT2D eigenvalue weighted by molar-refractivity contribution is 6.23. The quantitative estimate of drug-likeness (QED) is 0.168. The average molecular weight is 623 g/mol. The Balaban J connectivity index is 1.39. The van der Waals surface area contributed by atoms with E-state index >= 15 is 0 Å². The molecule has 9 aromatic carbocycles. The summed E-state index contributed by atoms with van der Waals surface area (Å²) in [4.78, 5) is 0. The number of rotatable bonds is 5. The fraction of sp³-hybridized carbons (Fsp3) is 0.0204. The summed E-state index contributed by atoms with van der Waals surface area (Å²) in [6, 6.07) is 68.9. The minimum absolute atomic E-state index is 1.20. The zero-order chi connectivity index (χ0) is 32.7. The van der Waals surface area contributed by atoms with E-state index in [1.54, 1.807) is 0 Å². The molecule has 9 rings (SSSR count). The van der Waals surface area contributed by atoms with Crippen molar-refractivity contribution in [1.82, 2.24) is 0 Å². The summed E-state index contributed by atoms with van der Waals surface area (Å²) in [5.74, 6) is 0. The van der Waals surface area contributed by atoms with Gasteiger partial charge in [0.05, 0.1) is 0 Å². The smallest absolute Gasteiger partial charge is 0.00199 e. The van der Waals surface area contributed by atoms with Gasteiger partial charge in [0.15, 0.2) is 0 Å². The van der Waals surface area contributed by atoms with Crippen molar-refractivity contribution in [1.29, 1.82) is 0 Å². The van der Waals surface area contributed by atoms with Gasteiger partial charge in [-0.15, -0.1) is 0 Å². The molecular weight excluding hydrogens is 589 g/mol. The van der Waals surface area contributed by atoms with E-state index in [1.807, 2.05) is 0 Å². The molecule has 0 amide bonds. The van der Waals surface area contributed by atoms with Crippen LogP contribution in [0.25, 0.3) is 88.0 Å². The summed E-state index contributed by atoms with van der Waals surface area (Å²) in [5.41, 5.74) is 13.7. The summed E-state index contributed by atoms with van der Waals surface area (Å²) in [5, 5.41) is 7.61. The third-order valence-corrected chi connectivity index (χ3v) is 10.0. The van der Waals surface area contributed by atoms with Gasteiger partial charge in [0.2, 0.25) is 0 Å². The molecule has 9 aromatic rings. The van der Waals surface area contributed by atoms with Crippen molar-refractivity contribution in [3.05, 3.63) is 194 Å². The van der Waals surface area contributed by atoms with Crippen LogP contribution in [0.3, 0.4) is 0 Å². The second-order valence-electron chi connectivity index (χ2n) is 12.9. The maximum Gasteiger partial charge on any atom is -0.00199 e. The van der Waals surface area contributed by atoms with Crippen LogP contribution in [0.1, 0.15) is 5.56 Å². The second-order valence-corrected chi connectivity index (χ2v) is 12.9. The van der Waals surface area contributed by atoms with Crippen LogP contribution in [-0.4, -0.2) is 0 Å². The van der Waals surface area contributed by atoms with Crippen molar-refractivity contribution in [3.63, 3.8) is 0 Å². The molecule has 0 fully saturated rings. The molecule has 0 radical (unpaired) electrons. The summed E-state index contributed by atoms with van der Waals surface area (Å²) in [7, 11) is 0. The fourth-order valence-electron chi connectivity index (χ4n) is 7.69. The molecule has 0 saturated carbocycles. The Hall–Kier alpha value is -6.24. The van der Waals surface area contributed by atoms with Gasteiger partial charge in [-0.25, -0.2) is 0 Å². The molecule has 0 aliphatic heterocycles. The first-order chi connectivity index (χ1) is 24.2. The number of fused-ring (bicyclic) bond motifs is 3. The van der Waals surface area contributed by atoms with Crippen molar-refractivity contribution in [3.8, 4) is 55.6 Å². The third-order valence-electron chi connectivity index (χ3n) is 10.0. The molecule has 0 heterocycles. The predicted octanol–water partition coefficient (Wildman–Crippen LogP) is 13.8.